The second-order valence-corrected chi connectivity index (χ2v) is 9.13. The number of aliphatic carboxylic acids is 1. The average Bonchev–Trinajstić information content (AvgIpc) is 3.08. The summed E-state index contributed by atoms with van der Waals surface area (Å²) in [6.07, 6.45) is -0.362. The molecule has 1 aliphatic heterocycles. The van der Waals surface area contributed by atoms with E-state index in [1.165, 1.54) is 30.3 Å². The van der Waals surface area contributed by atoms with Gasteiger partial charge in [0.2, 0.25) is 9.84 Å². The standard InChI is InChI=1S/C24H18N2O5S/c1-15-20(13-22(27)28)23-21(26-15)12-7-16(14-25)24(23)32(29,30)19-10-8-18(9-11-19)31-17-5-3-2-4-6-17/h2-12,15H,13H2,1H3,(H,27,28). The van der Waals surface area contributed by atoms with Crippen molar-refractivity contribution in [3.8, 4) is 17.6 Å². The van der Waals surface area contributed by atoms with Gasteiger partial charge in [-0.3, -0.25) is 9.79 Å². The summed E-state index contributed by atoms with van der Waals surface area (Å²) in [6.45, 7) is 1.70. The zero-order valence-electron chi connectivity index (χ0n) is 17.0. The monoisotopic (exact) mass is 446 g/mol. The summed E-state index contributed by atoms with van der Waals surface area (Å²) in [6, 6.07) is 19.3. The first kappa shape index (κ1) is 21.3. The van der Waals surface area contributed by atoms with Crippen LogP contribution in [-0.2, 0) is 14.6 Å². The highest BCUT2D eigenvalue weighted by atomic mass is 32.2. The highest BCUT2D eigenvalue weighted by molar-refractivity contribution is 7.91. The molecule has 0 aliphatic carbocycles. The van der Waals surface area contributed by atoms with Crippen molar-refractivity contribution >= 4 is 21.4 Å². The van der Waals surface area contributed by atoms with E-state index in [0.29, 0.717) is 22.4 Å². The molecule has 1 aliphatic rings. The number of carboxylic acid groups (broad SMARTS) is 1. The summed E-state index contributed by atoms with van der Waals surface area (Å²) in [5, 5.41) is 19.5. The van der Waals surface area contributed by atoms with Gasteiger partial charge < -0.3 is 9.84 Å². The fourth-order valence-corrected chi connectivity index (χ4v) is 5.32. The maximum Gasteiger partial charge on any atom is 0.307 e. The van der Waals surface area contributed by atoms with Gasteiger partial charge in [-0.1, -0.05) is 18.2 Å². The van der Waals surface area contributed by atoms with Gasteiger partial charge in [0, 0.05) is 5.22 Å². The van der Waals surface area contributed by atoms with Gasteiger partial charge in [0.25, 0.3) is 0 Å². The Morgan fingerprint density at radius 2 is 1.72 bits per heavy atom. The Hall–Kier alpha value is -3.96. The van der Waals surface area contributed by atoms with Crippen molar-refractivity contribution < 1.29 is 23.1 Å². The zero-order chi connectivity index (χ0) is 22.9. The van der Waals surface area contributed by atoms with Gasteiger partial charge in [0.1, 0.15) is 17.6 Å². The van der Waals surface area contributed by atoms with Crippen LogP contribution in [0, 0.1) is 11.3 Å². The fourth-order valence-electron chi connectivity index (χ4n) is 3.68. The van der Waals surface area contributed by atoms with Gasteiger partial charge in [0.05, 0.1) is 33.2 Å². The lowest BCUT2D eigenvalue weighted by Crippen LogP contribution is -2.31. The Morgan fingerprint density at radius 3 is 2.34 bits per heavy atom. The summed E-state index contributed by atoms with van der Waals surface area (Å²) < 4.78 is 32.9. The third-order valence-corrected chi connectivity index (χ3v) is 6.99. The van der Waals surface area contributed by atoms with Crippen LogP contribution in [0.3, 0.4) is 0 Å². The number of fused-ring (bicyclic) bond motifs is 1. The van der Waals surface area contributed by atoms with Crippen LogP contribution in [0.1, 0.15) is 18.9 Å². The Bertz CT molecular complexity index is 1470. The van der Waals surface area contributed by atoms with E-state index in [4.69, 9.17) is 4.74 Å². The lowest BCUT2D eigenvalue weighted by Gasteiger charge is -2.11. The Kier molecular flexibility index (Phi) is 5.51. The lowest BCUT2D eigenvalue weighted by atomic mass is 10.0. The number of sulfone groups is 1. The first-order valence-electron chi connectivity index (χ1n) is 9.75. The summed E-state index contributed by atoms with van der Waals surface area (Å²) in [7, 11) is -4.14. The number of benzene rings is 3. The minimum Gasteiger partial charge on any atom is -0.481 e. The van der Waals surface area contributed by atoms with Gasteiger partial charge in [-0.05, 0) is 61.0 Å². The maximum absolute atomic E-state index is 13.6. The van der Waals surface area contributed by atoms with E-state index in [-0.39, 0.29) is 27.0 Å². The summed E-state index contributed by atoms with van der Waals surface area (Å²) in [5.41, 5.74) is 0.313. The number of rotatable bonds is 6. The molecule has 1 heterocycles. The van der Waals surface area contributed by atoms with E-state index >= 15 is 0 Å². The quantitative estimate of drug-likeness (QED) is 0.622. The van der Waals surface area contributed by atoms with Gasteiger partial charge in [0.15, 0.2) is 0 Å². The average molecular weight is 446 g/mol. The largest absolute Gasteiger partial charge is 0.481 e. The Morgan fingerprint density at radius 1 is 1.06 bits per heavy atom. The van der Waals surface area contributed by atoms with Crippen LogP contribution in [0.25, 0.3) is 5.57 Å². The number of hydrogen-bond acceptors (Lipinski definition) is 6. The molecule has 3 aromatic rings. The van der Waals surface area contributed by atoms with Crippen LogP contribution in [-0.4, -0.2) is 25.5 Å². The third-order valence-electron chi connectivity index (χ3n) is 5.14. The predicted octanol–water partition coefficient (Wildman–Crippen LogP) is 2.83. The summed E-state index contributed by atoms with van der Waals surface area (Å²) in [5.74, 6) is -0.0296. The maximum atomic E-state index is 13.6. The molecule has 1 N–H and O–H groups in total. The Balaban J connectivity index is 1.85. The number of ether oxygens (including phenoxy) is 1. The van der Waals surface area contributed by atoms with E-state index in [2.05, 4.69) is 4.99 Å². The summed E-state index contributed by atoms with van der Waals surface area (Å²) >= 11 is 0. The highest BCUT2D eigenvalue weighted by Crippen LogP contribution is 2.27. The second-order valence-electron chi connectivity index (χ2n) is 7.24. The number of hydrogen-bond donors (Lipinski definition) is 1. The minimum atomic E-state index is -4.14. The number of para-hydroxylation sites is 1. The van der Waals surface area contributed by atoms with E-state index < -0.39 is 21.8 Å². The smallest absolute Gasteiger partial charge is 0.307 e. The molecule has 32 heavy (non-hydrogen) atoms. The number of nitriles is 1. The molecular weight excluding hydrogens is 428 g/mol. The molecule has 160 valence electrons. The van der Waals surface area contributed by atoms with Crippen molar-refractivity contribution in [3.63, 3.8) is 0 Å². The molecule has 0 radical (unpaired) electrons. The first-order valence-corrected chi connectivity index (χ1v) is 11.2. The molecule has 0 saturated carbocycles. The number of carbonyl (C=O) groups is 1. The molecular formula is C24H18N2O5S. The summed E-state index contributed by atoms with van der Waals surface area (Å²) in [4.78, 5) is 15.5. The first-order chi connectivity index (χ1) is 15.3. The molecule has 4 rings (SSSR count). The van der Waals surface area contributed by atoms with Crippen LogP contribution in [0.2, 0.25) is 0 Å². The molecule has 7 nitrogen and oxygen atoms in total. The third kappa shape index (κ3) is 3.86. The highest BCUT2D eigenvalue weighted by Gasteiger charge is 2.29. The predicted molar refractivity (Wildman–Crippen MR) is 115 cm³/mol. The van der Waals surface area contributed by atoms with Crippen LogP contribution < -0.4 is 15.3 Å². The van der Waals surface area contributed by atoms with Gasteiger partial charge in [-0.15, -0.1) is 0 Å². The number of carboxylic acids is 1. The molecule has 0 aromatic heterocycles. The topological polar surface area (TPSA) is 117 Å². The second kappa shape index (κ2) is 8.29. The van der Waals surface area contributed by atoms with Crippen LogP contribution in [0.5, 0.6) is 11.5 Å². The molecule has 0 fully saturated rings. The van der Waals surface area contributed by atoms with Crippen molar-refractivity contribution in [2.24, 2.45) is 4.99 Å². The van der Waals surface area contributed by atoms with Crippen molar-refractivity contribution in [1.82, 2.24) is 0 Å². The molecule has 0 amide bonds. The minimum absolute atomic E-state index is 0.0305. The van der Waals surface area contributed by atoms with E-state index in [0.717, 1.165) is 0 Å². The SMILES string of the molecule is CC1N=c2ccc(C#N)c(S(=O)(=O)c3ccc(Oc4ccccc4)cc3)c2=C1CC(=O)O. The van der Waals surface area contributed by atoms with Crippen LogP contribution in [0.15, 0.2) is 81.5 Å². The normalized spacial score (nSPS) is 14.9. The molecule has 0 saturated heterocycles. The zero-order valence-corrected chi connectivity index (χ0v) is 17.8. The molecule has 1 atom stereocenters. The van der Waals surface area contributed by atoms with Crippen molar-refractivity contribution in [3.05, 3.63) is 82.9 Å². The van der Waals surface area contributed by atoms with Crippen LogP contribution in [0.4, 0.5) is 0 Å². The van der Waals surface area contributed by atoms with E-state index in [1.807, 2.05) is 24.3 Å². The molecule has 0 spiro atoms. The molecule has 8 heteroatoms. The fraction of sp³-hybridized carbons (Fsp3) is 0.125. The van der Waals surface area contributed by atoms with Crippen molar-refractivity contribution in [2.75, 3.05) is 0 Å². The van der Waals surface area contributed by atoms with Gasteiger partial charge >= 0.3 is 5.97 Å². The molecule has 0 bridgehead atoms. The molecule has 1 unspecified atom stereocenters. The lowest BCUT2D eigenvalue weighted by molar-refractivity contribution is -0.135. The Labute approximate surface area is 184 Å². The van der Waals surface area contributed by atoms with Crippen LogP contribution >= 0.6 is 0 Å². The van der Waals surface area contributed by atoms with Gasteiger partial charge in [-0.25, -0.2) is 8.42 Å². The van der Waals surface area contributed by atoms with Gasteiger partial charge in [-0.2, -0.15) is 5.26 Å². The van der Waals surface area contributed by atoms with Crippen molar-refractivity contribution in [2.45, 2.75) is 29.2 Å². The van der Waals surface area contributed by atoms with E-state index in [9.17, 15) is 23.6 Å². The molecule has 3 aromatic carbocycles. The van der Waals surface area contributed by atoms with Crippen molar-refractivity contribution in [1.29, 1.82) is 5.26 Å². The number of nitrogens with zero attached hydrogens (tertiary/aromatic N) is 2. The van der Waals surface area contributed by atoms with E-state index in [1.54, 1.807) is 25.1 Å².